The largest absolute Gasteiger partial charge is 0.393 e. The molecule has 3 unspecified atom stereocenters. The maximum absolute atomic E-state index is 12.8. The van der Waals surface area contributed by atoms with Crippen molar-refractivity contribution in [2.24, 2.45) is 5.73 Å². The van der Waals surface area contributed by atoms with Gasteiger partial charge in [0, 0.05) is 18.6 Å². The van der Waals surface area contributed by atoms with Crippen LogP contribution in [0.1, 0.15) is 31.9 Å². The van der Waals surface area contributed by atoms with Crippen molar-refractivity contribution in [3.63, 3.8) is 0 Å². The van der Waals surface area contributed by atoms with E-state index in [1.165, 1.54) is 12.1 Å². The topological polar surface area (TPSA) is 58.3 Å². The summed E-state index contributed by atoms with van der Waals surface area (Å²) < 4.78 is 12.8. The molecule has 1 rings (SSSR count). The van der Waals surface area contributed by atoms with Crippen molar-refractivity contribution in [1.29, 1.82) is 0 Å². The standard InChI is InChI=1S/C13H21FN2O/c1-9(7-10(2)17)16-13(8-15)11-3-5-12(14)6-4-11/h3-6,9-10,13,16-17H,7-8,15H2,1-2H3. The minimum Gasteiger partial charge on any atom is -0.393 e. The molecule has 0 aliphatic carbocycles. The van der Waals surface area contributed by atoms with E-state index in [-0.39, 0.29) is 24.0 Å². The SMILES string of the molecule is CC(O)CC(C)NC(CN)c1ccc(F)cc1. The van der Waals surface area contributed by atoms with Crippen molar-refractivity contribution in [2.75, 3.05) is 6.54 Å². The number of hydrogen-bond acceptors (Lipinski definition) is 3. The Bertz CT molecular complexity index is 327. The molecule has 1 aromatic rings. The normalized spacial score (nSPS) is 16.5. The van der Waals surface area contributed by atoms with Crippen LogP contribution in [0.4, 0.5) is 4.39 Å². The average Bonchev–Trinajstić information content (AvgIpc) is 2.26. The molecular formula is C13H21FN2O. The lowest BCUT2D eigenvalue weighted by atomic mass is 10.0. The lowest BCUT2D eigenvalue weighted by Gasteiger charge is -2.23. The molecule has 3 atom stereocenters. The van der Waals surface area contributed by atoms with E-state index in [1.807, 2.05) is 6.92 Å². The molecule has 0 heterocycles. The molecule has 17 heavy (non-hydrogen) atoms. The van der Waals surface area contributed by atoms with Crippen LogP contribution < -0.4 is 11.1 Å². The number of nitrogens with two attached hydrogens (primary N) is 1. The molecule has 1 aromatic carbocycles. The molecule has 96 valence electrons. The Morgan fingerprint density at radius 1 is 1.29 bits per heavy atom. The molecule has 0 radical (unpaired) electrons. The van der Waals surface area contributed by atoms with E-state index in [0.717, 1.165) is 5.56 Å². The molecule has 0 aliphatic rings. The zero-order valence-electron chi connectivity index (χ0n) is 10.4. The van der Waals surface area contributed by atoms with Crippen LogP contribution in [-0.2, 0) is 0 Å². The molecule has 0 aromatic heterocycles. The summed E-state index contributed by atoms with van der Waals surface area (Å²) in [4.78, 5) is 0. The van der Waals surface area contributed by atoms with Crippen molar-refractivity contribution < 1.29 is 9.50 Å². The maximum Gasteiger partial charge on any atom is 0.123 e. The van der Waals surface area contributed by atoms with Gasteiger partial charge in [-0.25, -0.2) is 4.39 Å². The second-order valence-corrected chi connectivity index (χ2v) is 4.49. The van der Waals surface area contributed by atoms with E-state index in [0.29, 0.717) is 13.0 Å². The fourth-order valence-corrected chi connectivity index (χ4v) is 1.92. The van der Waals surface area contributed by atoms with Crippen LogP contribution in [0.25, 0.3) is 0 Å². The highest BCUT2D eigenvalue weighted by Gasteiger charge is 2.14. The van der Waals surface area contributed by atoms with E-state index >= 15 is 0 Å². The van der Waals surface area contributed by atoms with E-state index in [2.05, 4.69) is 5.32 Å². The van der Waals surface area contributed by atoms with Gasteiger partial charge in [0.2, 0.25) is 0 Å². The first-order chi connectivity index (χ1) is 8.02. The second-order valence-electron chi connectivity index (χ2n) is 4.49. The molecule has 0 saturated carbocycles. The van der Waals surface area contributed by atoms with Gasteiger partial charge in [-0.3, -0.25) is 0 Å². The predicted octanol–water partition coefficient (Wildman–Crippen LogP) is 1.57. The van der Waals surface area contributed by atoms with Gasteiger partial charge in [-0.05, 0) is 38.0 Å². The molecule has 0 bridgehead atoms. The molecule has 0 fully saturated rings. The monoisotopic (exact) mass is 240 g/mol. The number of hydrogen-bond donors (Lipinski definition) is 3. The number of rotatable bonds is 6. The minimum absolute atomic E-state index is 0.00986. The van der Waals surface area contributed by atoms with E-state index in [9.17, 15) is 9.50 Å². The van der Waals surface area contributed by atoms with Gasteiger partial charge in [0.05, 0.1) is 6.10 Å². The quantitative estimate of drug-likeness (QED) is 0.707. The van der Waals surface area contributed by atoms with E-state index in [1.54, 1.807) is 19.1 Å². The number of halogens is 1. The Hall–Kier alpha value is -0.970. The first-order valence-corrected chi connectivity index (χ1v) is 5.92. The van der Waals surface area contributed by atoms with Gasteiger partial charge in [0.15, 0.2) is 0 Å². The van der Waals surface area contributed by atoms with Crippen molar-refractivity contribution in [1.82, 2.24) is 5.32 Å². The first kappa shape index (κ1) is 14.1. The zero-order chi connectivity index (χ0) is 12.8. The van der Waals surface area contributed by atoms with Crippen LogP contribution in [0.5, 0.6) is 0 Å². The number of aliphatic hydroxyl groups is 1. The predicted molar refractivity (Wildman–Crippen MR) is 67.1 cm³/mol. The van der Waals surface area contributed by atoms with E-state index in [4.69, 9.17) is 5.73 Å². The van der Waals surface area contributed by atoms with Gasteiger partial charge in [-0.1, -0.05) is 12.1 Å². The zero-order valence-corrected chi connectivity index (χ0v) is 10.4. The van der Waals surface area contributed by atoms with Crippen LogP contribution in [0, 0.1) is 5.82 Å². The lowest BCUT2D eigenvalue weighted by molar-refractivity contribution is 0.168. The van der Waals surface area contributed by atoms with Crippen molar-refractivity contribution in [2.45, 2.75) is 38.5 Å². The van der Waals surface area contributed by atoms with Crippen molar-refractivity contribution in [3.05, 3.63) is 35.6 Å². The highest BCUT2D eigenvalue weighted by Crippen LogP contribution is 2.14. The van der Waals surface area contributed by atoms with Crippen LogP contribution in [0.3, 0.4) is 0 Å². The Kier molecular flexibility index (Phi) is 5.55. The number of benzene rings is 1. The fourth-order valence-electron chi connectivity index (χ4n) is 1.92. The smallest absolute Gasteiger partial charge is 0.123 e. The number of nitrogens with one attached hydrogen (secondary N) is 1. The third kappa shape index (κ3) is 4.81. The van der Waals surface area contributed by atoms with Crippen LogP contribution >= 0.6 is 0 Å². The van der Waals surface area contributed by atoms with Gasteiger partial charge in [0.1, 0.15) is 5.82 Å². The Morgan fingerprint density at radius 3 is 2.35 bits per heavy atom. The number of aliphatic hydroxyl groups excluding tert-OH is 1. The third-order valence-corrected chi connectivity index (χ3v) is 2.69. The summed E-state index contributed by atoms with van der Waals surface area (Å²) >= 11 is 0. The van der Waals surface area contributed by atoms with Crippen molar-refractivity contribution in [3.8, 4) is 0 Å². The highest BCUT2D eigenvalue weighted by molar-refractivity contribution is 5.20. The Balaban J connectivity index is 2.62. The van der Waals surface area contributed by atoms with Crippen molar-refractivity contribution >= 4 is 0 Å². The Labute approximate surface area is 102 Å². The molecule has 4 N–H and O–H groups in total. The Morgan fingerprint density at radius 2 is 1.88 bits per heavy atom. The second kappa shape index (κ2) is 6.69. The molecule has 0 aliphatic heterocycles. The summed E-state index contributed by atoms with van der Waals surface area (Å²) in [7, 11) is 0. The summed E-state index contributed by atoms with van der Waals surface area (Å²) in [5.74, 6) is -0.249. The minimum atomic E-state index is -0.343. The summed E-state index contributed by atoms with van der Waals surface area (Å²) in [5.41, 5.74) is 6.67. The van der Waals surface area contributed by atoms with Gasteiger partial charge >= 0.3 is 0 Å². The first-order valence-electron chi connectivity index (χ1n) is 5.92. The van der Waals surface area contributed by atoms with Gasteiger partial charge < -0.3 is 16.2 Å². The van der Waals surface area contributed by atoms with Crippen LogP contribution in [-0.4, -0.2) is 23.8 Å². The summed E-state index contributed by atoms with van der Waals surface area (Å²) in [5, 5.41) is 12.6. The molecule has 4 heteroatoms. The lowest BCUT2D eigenvalue weighted by Crippen LogP contribution is -2.36. The van der Waals surface area contributed by atoms with Gasteiger partial charge in [-0.15, -0.1) is 0 Å². The molecule has 0 saturated heterocycles. The van der Waals surface area contributed by atoms with Crippen LogP contribution in [0.15, 0.2) is 24.3 Å². The highest BCUT2D eigenvalue weighted by atomic mass is 19.1. The van der Waals surface area contributed by atoms with Gasteiger partial charge in [-0.2, -0.15) is 0 Å². The third-order valence-electron chi connectivity index (χ3n) is 2.69. The van der Waals surface area contributed by atoms with Crippen LogP contribution in [0.2, 0.25) is 0 Å². The maximum atomic E-state index is 12.8. The molecule has 3 nitrogen and oxygen atoms in total. The molecular weight excluding hydrogens is 219 g/mol. The fraction of sp³-hybridized carbons (Fsp3) is 0.538. The average molecular weight is 240 g/mol. The van der Waals surface area contributed by atoms with Gasteiger partial charge in [0.25, 0.3) is 0 Å². The summed E-state index contributed by atoms with van der Waals surface area (Å²) in [6.45, 7) is 4.20. The van der Waals surface area contributed by atoms with E-state index < -0.39 is 0 Å². The molecule has 0 amide bonds. The summed E-state index contributed by atoms with van der Waals surface area (Å²) in [6, 6.07) is 6.47. The summed E-state index contributed by atoms with van der Waals surface area (Å²) in [6.07, 6.45) is 0.321. The molecule has 0 spiro atoms.